The van der Waals surface area contributed by atoms with Gasteiger partial charge in [0, 0.05) is 42.7 Å². The molecule has 0 amide bonds. The lowest BCUT2D eigenvalue weighted by Crippen LogP contribution is -2.15. The number of methoxy groups -OCH3 is 1. The van der Waals surface area contributed by atoms with E-state index in [9.17, 15) is 4.39 Å². The van der Waals surface area contributed by atoms with Gasteiger partial charge in [-0.1, -0.05) is 48.6 Å². The average Bonchev–Trinajstić information content (AvgIpc) is 3.65. The number of hydrogen-bond acceptors (Lipinski definition) is 6. The van der Waals surface area contributed by atoms with Crippen LogP contribution in [0.15, 0.2) is 103 Å². The zero-order valence-electron chi connectivity index (χ0n) is 23.9. The number of rotatable bonds is 10. The van der Waals surface area contributed by atoms with Gasteiger partial charge >= 0.3 is 0 Å². The van der Waals surface area contributed by atoms with E-state index in [1.807, 2.05) is 54.9 Å². The summed E-state index contributed by atoms with van der Waals surface area (Å²) in [6.45, 7) is 7.21. The first kappa shape index (κ1) is 27.7. The number of nitrogens with one attached hydrogen (secondary N) is 3. The molecule has 3 N–H and O–H groups in total. The highest BCUT2D eigenvalue weighted by Gasteiger charge is 2.17. The second kappa shape index (κ2) is 12.2. The number of allylic oxidation sites excluding steroid dienone is 4. The molecule has 9 heteroatoms. The first-order valence-electron chi connectivity index (χ1n) is 13.8. The third-order valence-electron chi connectivity index (χ3n) is 7.01. The highest BCUT2D eigenvalue weighted by molar-refractivity contribution is 5.96. The van der Waals surface area contributed by atoms with Crippen LogP contribution in [0.2, 0.25) is 0 Å². The maximum Gasteiger partial charge on any atom is 0.161 e. The molecule has 0 saturated heterocycles. The van der Waals surface area contributed by atoms with E-state index in [2.05, 4.69) is 51.1 Å². The number of pyridine rings is 2. The van der Waals surface area contributed by atoms with Crippen LogP contribution >= 0.6 is 0 Å². The quantitative estimate of drug-likeness (QED) is 0.151. The van der Waals surface area contributed by atoms with Crippen LogP contribution in [0.25, 0.3) is 56.0 Å². The standard InChI is InChI=1S/C34H30FN7O/c1-4-5-6-8-21(2)17-36-18-22-13-24(20-37-19-22)28-11-12-30-32(38-28)33(42-41-30)34-39-29-10-7-9-27(31(29)40-34)23-14-25(35)16-26(15-23)43-3/h4-16,19-20,36H,1,17-18H2,2-3H3,(H,39,40)(H,41,42)/b6-5-,21-8+. The summed E-state index contributed by atoms with van der Waals surface area (Å²) in [5.41, 5.74) is 8.96. The lowest BCUT2D eigenvalue weighted by molar-refractivity contribution is 0.411. The number of aromatic amines is 2. The van der Waals surface area contributed by atoms with Crippen LogP contribution in [0.5, 0.6) is 5.75 Å². The summed E-state index contributed by atoms with van der Waals surface area (Å²) < 4.78 is 19.6. The largest absolute Gasteiger partial charge is 0.497 e. The van der Waals surface area contributed by atoms with Gasteiger partial charge in [0.05, 0.1) is 29.4 Å². The fourth-order valence-corrected chi connectivity index (χ4v) is 4.92. The monoisotopic (exact) mass is 571 g/mol. The number of aromatic nitrogens is 6. The van der Waals surface area contributed by atoms with Crippen molar-refractivity contribution in [1.82, 2.24) is 35.5 Å². The minimum absolute atomic E-state index is 0.380. The van der Waals surface area contributed by atoms with Crippen LogP contribution in [-0.4, -0.2) is 43.8 Å². The van der Waals surface area contributed by atoms with Crippen LogP contribution in [-0.2, 0) is 6.54 Å². The Morgan fingerprint density at radius 2 is 1.91 bits per heavy atom. The highest BCUT2D eigenvalue weighted by atomic mass is 19.1. The van der Waals surface area contributed by atoms with E-state index in [0.717, 1.165) is 40.0 Å². The molecule has 214 valence electrons. The molecule has 0 radical (unpaired) electrons. The van der Waals surface area contributed by atoms with Crippen LogP contribution in [0.4, 0.5) is 4.39 Å². The fourth-order valence-electron chi connectivity index (χ4n) is 4.92. The number of imidazole rings is 1. The Balaban J connectivity index is 1.30. The van der Waals surface area contributed by atoms with Gasteiger partial charge in [-0.15, -0.1) is 0 Å². The van der Waals surface area contributed by atoms with E-state index >= 15 is 0 Å². The minimum Gasteiger partial charge on any atom is -0.497 e. The second-order valence-electron chi connectivity index (χ2n) is 10.2. The van der Waals surface area contributed by atoms with Crippen LogP contribution < -0.4 is 10.1 Å². The lowest BCUT2D eigenvalue weighted by Gasteiger charge is -2.07. The molecule has 0 saturated carbocycles. The molecule has 8 nitrogen and oxygen atoms in total. The Morgan fingerprint density at radius 1 is 1.00 bits per heavy atom. The van der Waals surface area contributed by atoms with E-state index in [-0.39, 0.29) is 5.82 Å². The normalized spacial score (nSPS) is 12.0. The van der Waals surface area contributed by atoms with Gasteiger partial charge in [-0.3, -0.25) is 10.1 Å². The Kier molecular flexibility index (Phi) is 7.88. The molecule has 43 heavy (non-hydrogen) atoms. The molecule has 0 aliphatic heterocycles. The third kappa shape index (κ3) is 5.98. The third-order valence-corrected chi connectivity index (χ3v) is 7.01. The summed E-state index contributed by atoms with van der Waals surface area (Å²) in [6.07, 6.45) is 11.4. The number of ether oxygens (including phenoxy) is 1. The van der Waals surface area contributed by atoms with Gasteiger partial charge in [-0.05, 0) is 54.4 Å². The van der Waals surface area contributed by atoms with E-state index in [1.165, 1.54) is 24.8 Å². The van der Waals surface area contributed by atoms with Crippen molar-refractivity contribution >= 4 is 22.1 Å². The van der Waals surface area contributed by atoms with E-state index in [1.54, 1.807) is 12.1 Å². The molecule has 0 spiro atoms. The molecular weight excluding hydrogens is 541 g/mol. The summed E-state index contributed by atoms with van der Waals surface area (Å²) in [4.78, 5) is 17.7. The topological polar surface area (TPSA) is 104 Å². The Labute approximate surface area is 248 Å². The smallest absolute Gasteiger partial charge is 0.161 e. The summed E-state index contributed by atoms with van der Waals surface area (Å²) >= 11 is 0. The molecule has 6 rings (SSSR count). The van der Waals surface area contributed by atoms with Crippen molar-refractivity contribution in [3.63, 3.8) is 0 Å². The van der Waals surface area contributed by atoms with Crippen molar-refractivity contribution in [2.45, 2.75) is 13.5 Å². The zero-order chi connectivity index (χ0) is 29.8. The van der Waals surface area contributed by atoms with Crippen molar-refractivity contribution in [2.24, 2.45) is 0 Å². The molecule has 0 atom stereocenters. The summed E-state index contributed by atoms with van der Waals surface area (Å²) in [5, 5.41) is 11.1. The van der Waals surface area contributed by atoms with Gasteiger partial charge in [0.2, 0.25) is 0 Å². The minimum atomic E-state index is -0.380. The molecule has 2 aromatic carbocycles. The number of nitrogens with zero attached hydrogens (tertiary/aromatic N) is 4. The maximum atomic E-state index is 14.3. The highest BCUT2D eigenvalue weighted by Crippen LogP contribution is 2.33. The molecule has 4 aromatic heterocycles. The second-order valence-corrected chi connectivity index (χ2v) is 10.2. The number of fused-ring (bicyclic) bond motifs is 2. The number of H-pyrrole nitrogens is 2. The number of halogens is 1. The van der Waals surface area contributed by atoms with E-state index in [0.29, 0.717) is 40.4 Å². The van der Waals surface area contributed by atoms with Gasteiger partial charge < -0.3 is 15.0 Å². The molecular formula is C34H30FN7O. The Morgan fingerprint density at radius 3 is 2.77 bits per heavy atom. The summed E-state index contributed by atoms with van der Waals surface area (Å²) in [6, 6.07) is 16.4. The van der Waals surface area contributed by atoms with Crippen LogP contribution in [0.1, 0.15) is 12.5 Å². The fraction of sp³-hybridized carbons (Fsp3) is 0.118. The molecule has 0 unspecified atom stereocenters. The molecule has 0 bridgehead atoms. The zero-order valence-corrected chi connectivity index (χ0v) is 23.9. The molecule has 6 aromatic rings. The molecule has 4 heterocycles. The number of hydrogen-bond donors (Lipinski definition) is 3. The first-order valence-corrected chi connectivity index (χ1v) is 13.8. The Hall–Kier alpha value is -5.41. The average molecular weight is 572 g/mol. The van der Waals surface area contributed by atoms with Crippen molar-refractivity contribution in [1.29, 1.82) is 0 Å². The van der Waals surface area contributed by atoms with Gasteiger partial charge in [-0.25, -0.2) is 14.4 Å². The van der Waals surface area contributed by atoms with Crippen LogP contribution in [0, 0.1) is 5.82 Å². The van der Waals surface area contributed by atoms with Crippen molar-refractivity contribution in [3.05, 3.63) is 115 Å². The molecule has 0 aliphatic carbocycles. The number of benzene rings is 2. The number of para-hydroxylation sites is 1. The van der Waals surface area contributed by atoms with Gasteiger partial charge in [0.15, 0.2) is 11.5 Å². The van der Waals surface area contributed by atoms with Crippen molar-refractivity contribution in [3.8, 4) is 39.7 Å². The van der Waals surface area contributed by atoms with Crippen LogP contribution in [0.3, 0.4) is 0 Å². The van der Waals surface area contributed by atoms with Crippen molar-refractivity contribution < 1.29 is 9.13 Å². The van der Waals surface area contributed by atoms with Crippen molar-refractivity contribution in [2.75, 3.05) is 13.7 Å². The van der Waals surface area contributed by atoms with E-state index < -0.39 is 0 Å². The van der Waals surface area contributed by atoms with Gasteiger partial charge in [-0.2, -0.15) is 5.10 Å². The Bertz CT molecular complexity index is 2000. The predicted octanol–water partition coefficient (Wildman–Crippen LogP) is 7.16. The first-order chi connectivity index (χ1) is 21.0. The van der Waals surface area contributed by atoms with Gasteiger partial charge in [0.1, 0.15) is 17.1 Å². The SMILES string of the molecule is C=C/C=C\C=C(/C)CNCc1cncc(-c2ccc3[nH]nc(-c4nc5c(-c6cc(F)cc(OC)c6)cccc5[nH]4)c3n2)c1. The summed E-state index contributed by atoms with van der Waals surface area (Å²) in [7, 11) is 1.52. The predicted molar refractivity (Wildman–Crippen MR) is 169 cm³/mol. The molecule has 0 aliphatic rings. The lowest BCUT2D eigenvalue weighted by atomic mass is 10.0. The van der Waals surface area contributed by atoms with Gasteiger partial charge in [0.25, 0.3) is 0 Å². The molecule has 0 fully saturated rings. The van der Waals surface area contributed by atoms with E-state index in [4.69, 9.17) is 14.7 Å². The summed E-state index contributed by atoms with van der Waals surface area (Å²) in [5.74, 6) is 0.620. The maximum absolute atomic E-state index is 14.3.